The van der Waals surface area contributed by atoms with Crippen LogP contribution in [0.3, 0.4) is 0 Å². The van der Waals surface area contributed by atoms with E-state index < -0.39 is 0 Å². The molecule has 0 unspecified atom stereocenters. The van der Waals surface area contributed by atoms with Gasteiger partial charge in [0.1, 0.15) is 5.82 Å². The molecule has 0 radical (unpaired) electrons. The summed E-state index contributed by atoms with van der Waals surface area (Å²) in [5, 5.41) is 3.16. The maximum atomic E-state index is 12.9. The van der Waals surface area contributed by atoms with Gasteiger partial charge in [-0.1, -0.05) is 17.7 Å². The molecule has 2 aromatic heterocycles. The summed E-state index contributed by atoms with van der Waals surface area (Å²) in [4.78, 5) is 25.0. The molecule has 0 bridgehead atoms. The van der Waals surface area contributed by atoms with Crippen molar-refractivity contribution in [3.63, 3.8) is 0 Å². The van der Waals surface area contributed by atoms with Crippen molar-refractivity contribution >= 4 is 22.9 Å². The van der Waals surface area contributed by atoms with Gasteiger partial charge in [-0.15, -0.1) is 0 Å². The minimum Gasteiger partial charge on any atom is -0.342 e. The third kappa shape index (κ3) is 3.10. The molecule has 136 valence electrons. The summed E-state index contributed by atoms with van der Waals surface area (Å²) in [6, 6.07) is 11.8. The minimum absolute atomic E-state index is 0.110. The van der Waals surface area contributed by atoms with Gasteiger partial charge in [0, 0.05) is 11.9 Å². The molecule has 0 aliphatic rings. The lowest BCUT2D eigenvalue weighted by molar-refractivity contribution is 0.828. The third-order valence-electron chi connectivity index (χ3n) is 4.64. The summed E-state index contributed by atoms with van der Waals surface area (Å²) in [5.74, 6) is 0.865. The van der Waals surface area contributed by atoms with Gasteiger partial charge in [-0.25, -0.2) is 9.67 Å². The molecule has 2 aromatic carbocycles. The van der Waals surface area contributed by atoms with E-state index in [0.717, 1.165) is 39.5 Å². The second-order valence-corrected chi connectivity index (χ2v) is 6.86. The topological polar surface area (TPSA) is 78.8 Å². The molecule has 0 amide bonds. The van der Waals surface area contributed by atoms with Gasteiger partial charge in [-0.05, 0) is 57.5 Å². The van der Waals surface area contributed by atoms with E-state index in [2.05, 4.69) is 26.1 Å². The standard InChI is InChI=1S/C21H21N5O/c1-12-5-8-20(13(2)9-12)26-21(27)17(14(3)25-26)11-22-16-6-7-18-19(10-16)24-15(4)23-18/h5-11,25H,1-4H3,(H,23,24). The lowest BCUT2D eigenvalue weighted by Gasteiger charge is -2.06. The summed E-state index contributed by atoms with van der Waals surface area (Å²) in [7, 11) is 0. The summed E-state index contributed by atoms with van der Waals surface area (Å²) in [6.45, 7) is 7.84. The highest BCUT2D eigenvalue weighted by molar-refractivity contribution is 5.85. The molecule has 0 saturated carbocycles. The molecule has 0 aliphatic heterocycles. The van der Waals surface area contributed by atoms with Gasteiger partial charge in [-0.3, -0.25) is 14.9 Å². The molecule has 0 aliphatic carbocycles. The fourth-order valence-electron chi connectivity index (χ4n) is 3.28. The average Bonchev–Trinajstić information content (AvgIpc) is 3.11. The Morgan fingerprint density at radius 1 is 1.07 bits per heavy atom. The van der Waals surface area contributed by atoms with Crippen molar-refractivity contribution in [1.29, 1.82) is 0 Å². The number of hydrogen-bond acceptors (Lipinski definition) is 3. The Balaban J connectivity index is 1.72. The number of nitrogens with one attached hydrogen (secondary N) is 2. The smallest absolute Gasteiger partial charge is 0.280 e. The van der Waals surface area contributed by atoms with E-state index in [-0.39, 0.29) is 5.56 Å². The van der Waals surface area contributed by atoms with Crippen LogP contribution < -0.4 is 5.56 Å². The predicted molar refractivity (Wildman–Crippen MR) is 109 cm³/mol. The number of hydrogen-bond donors (Lipinski definition) is 2. The highest BCUT2D eigenvalue weighted by atomic mass is 16.1. The zero-order chi connectivity index (χ0) is 19.1. The average molecular weight is 359 g/mol. The SMILES string of the molecule is Cc1ccc(-n2[nH]c(C)c(C=Nc3ccc4nc(C)[nH]c4c3)c2=O)c(C)c1. The van der Waals surface area contributed by atoms with Crippen molar-refractivity contribution in [3.8, 4) is 5.69 Å². The van der Waals surface area contributed by atoms with Gasteiger partial charge < -0.3 is 4.98 Å². The lowest BCUT2D eigenvalue weighted by Crippen LogP contribution is -2.18. The van der Waals surface area contributed by atoms with Gasteiger partial charge >= 0.3 is 0 Å². The van der Waals surface area contributed by atoms with Crippen LogP contribution in [0.1, 0.15) is 28.2 Å². The normalized spacial score (nSPS) is 11.7. The van der Waals surface area contributed by atoms with E-state index in [9.17, 15) is 4.79 Å². The largest absolute Gasteiger partial charge is 0.342 e. The van der Waals surface area contributed by atoms with Gasteiger partial charge in [0.2, 0.25) is 0 Å². The van der Waals surface area contributed by atoms with Crippen LogP contribution in [0.25, 0.3) is 16.7 Å². The molecule has 0 fully saturated rings. The fraction of sp³-hybridized carbons (Fsp3) is 0.190. The second-order valence-electron chi connectivity index (χ2n) is 6.86. The van der Waals surface area contributed by atoms with E-state index in [0.29, 0.717) is 5.56 Å². The summed E-state index contributed by atoms with van der Waals surface area (Å²) >= 11 is 0. The van der Waals surface area contributed by atoms with E-state index in [1.807, 2.05) is 58.0 Å². The molecule has 2 heterocycles. The molecule has 4 aromatic rings. The molecule has 6 heteroatoms. The maximum Gasteiger partial charge on any atom is 0.280 e. The molecular formula is C21H21N5O. The van der Waals surface area contributed by atoms with Crippen LogP contribution in [0.2, 0.25) is 0 Å². The van der Waals surface area contributed by atoms with Crippen LogP contribution in [0.5, 0.6) is 0 Å². The number of imidazole rings is 1. The molecule has 2 N–H and O–H groups in total. The number of aromatic nitrogens is 4. The van der Waals surface area contributed by atoms with Crippen LogP contribution >= 0.6 is 0 Å². The highest BCUT2D eigenvalue weighted by Gasteiger charge is 2.12. The van der Waals surface area contributed by atoms with E-state index >= 15 is 0 Å². The molecule has 27 heavy (non-hydrogen) atoms. The van der Waals surface area contributed by atoms with Crippen LogP contribution in [0.15, 0.2) is 46.2 Å². The van der Waals surface area contributed by atoms with Crippen LogP contribution in [0, 0.1) is 27.7 Å². The van der Waals surface area contributed by atoms with Crippen LogP contribution in [0.4, 0.5) is 5.69 Å². The van der Waals surface area contributed by atoms with Crippen molar-refractivity contribution in [1.82, 2.24) is 19.7 Å². The van der Waals surface area contributed by atoms with Gasteiger partial charge in [0.05, 0.1) is 28.0 Å². The Hall–Kier alpha value is -3.41. The maximum absolute atomic E-state index is 12.9. The van der Waals surface area contributed by atoms with Crippen molar-refractivity contribution < 1.29 is 0 Å². The summed E-state index contributed by atoms with van der Waals surface area (Å²) in [6.07, 6.45) is 1.62. The van der Waals surface area contributed by atoms with Gasteiger partial charge in [0.15, 0.2) is 0 Å². The zero-order valence-corrected chi connectivity index (χ0v) is 15.8. The molecule has 6 nitrogen and oxygen atoms in total. The minimum atomic E-state index is -0.110. The third-order valence-corrected chi connectivity index (χ3v) is 4.64. The predicted octanol–water partition coefficient (Wildman–Crippen LogP) is 4.03. The first-order valence-corrected chi connectivity index (χ1v) is 8.82. The fourth-order valence-corrected chi connectivity index (χ4v) is 3.28. The number of nitrogens with zero attached hydrogens (tertiary/aromatic N) is 3. The Labute approximate surface area is 156 Å². The Kier molecular flexibility index (Phi) is 4.03. The monoisotopic (exact) mass is 359 g/mol. The number of H-pyrrole nitrogens is 2. The number of fused-ring (bicyclic) bond motifs is 1. The van der Waals surface area contributed by atoms with Crippen molar-refractivity contribution in [2.75, 3.05) is 0 Å². The quantitative estimate of drug-likeness (QED) is 0.542. The van der Waals surface area contributed by atoms with E-state index in [1.165, 1.54) is 5.56 Å². The first kappa shape index (κ1) is 17.0. The number of benzene rings is 2. The summed E-state index contributed by atoms with van der Waals surface area (Å²) < 4.78 is 1.58. The number of aryl methyl sites for hydroxylation is 4. The van der Waals surface area contributed by atoms with Crippen molar-refractivity contribution in [3.05, 3.63) is 75.0 Å². The van der Waals surface area contributed by atoms with Crippen molar-refractivity contribution in [2.45, 2.75) is 27.7 Å². The highest BCUT2D eigenvalue weighted by Crippen LogP contribution is 2.20. The number of aliphatic imine (C=N–C) groups is 1. The first-order chi connectivity index (χ1) is 12.9. The van der Waals surface area contributed by atoms with Crippen molar-refractivity contribution in [2.24, 2.45) is 4.99 Å². The molecule has 0 atom stereocenters. The molecule has 0 spiro atoms. The zero-order valence-electron chi connectivity index (χ0n) is 15.8. The Morgan fingerprint density at radius 3 is 2.67 bits per heavy atom. The second kappa shape index (κ2) is 6.39. The number of rotatable bonds is 3. The molecule has 4 rings (SSSR count). The first-order valence-electron chi connectivity index (χ1n) is 8.82. The van der Waals surface area contributed by atoms with Crippen LogP contribution in [-0.2, 0) is 0 Å². The molecule has 0 saturated heterocycles. The van der Waals surface area contributed by atoms with Gasteiger partial charge in [-0.2, -0.15) is 0 Å². The van der Waals surface area contributed by atoms with Gasteiger partial charge in [0.25, 0.3) is 5.56 Å². The van der Waals surface area contributed by atoms with E-state index in [1.54, 1.807) is 10.9 Å². The molecular weight excluding hydrogens is 338 g/mol. The lowest BCUT2D eigenvalue weighted by atomic mass is 10.1. The number of aromatic amines is 2. The van der Waals surface area contributed by atoms with Crippen LogP contribution in [-0.4, -0.2) is 26.0 Å². The summed E-state index contributed by atoms with van der Waals surface area (Å²) in [5.41, 5.74) is 6.88. The van der Waals surface area contributed by atoms with E-state index in [4.69, 9.17) is 0 Å². The Bertz CT molecular complexity index is 1240. The Morgan fingerprint density at radius 2 is 1.89 bits per heavy atom.